The van der Waals surface area contributed by atoms with Crippen molar-refractivity contribution < 1.29 is 18.9 Å². The zero-order valence-corrected chi connectivity index (χ0v) is 16.3. The maximum absolute atomic E-state index is 12.5. The maximum atomic E-state index is 12.5. The van der Waals surface area contributed by atoms with Crippen LogP contribution in [-0.4, -0.2) is 16.9 Å². The first kappa shape index (κ1) is 20.2. The first-order valence-electron chi connectivity index (χ1n) is 8.19. The van der Waals surface area contributed by atoms with E-state index in [1.54, 1.807) is 19.9 Å². The van der Waals surface area contributed by atoms with Gasteiger partial charge in [0.25, 0.3) is 0 Å². The van der Waals surface area contributed by atoms with Gasteiger partial charge in [0.15, 0.2) is 6.29 Å². The SMILES string of the molecule is CC1C=CC(OP(=O)(Cl)NC(C)(C)C(O)OCc2ccccc2)=CC1. The lowest BCUT2D eigenvalue weighted by atomic mass is 10.0. The van der Waals surface area contributed by atoms with Crippen molar-refractivity contribution in [3.05, 3.63) is 59.9 Å². The molecule has 0 saturated heterocycles. The van der Waals surface area contributed by atoms with Crippen molar-refractivity contribution >= 4 is 18.1 Å². The highest BCUT2D eigenvalue weighted by atomic mass is 35.7. The topological polar surface area (TPSA) is 67.8 Å². The van der Waals surface area contributed by atoms with E-state index >= 15 is 0 Å². The van der Waals surface area contributed by atoms with Gasteiger partial charge >= 0.3 is 6.87 Å². The number of halogens is 1. The van der Waals surface area contributed by atoms with Gasteiger partial charge in [-0.3, -0.25) is 0 Å². The van der Waals surface area contributed by atoms with Gasteiger partial charge in [-0.25, -0.2) is 9.65 Å². The van der Waals surface area contributed by atoms with Crippen LogP contribution in [0.4, 0.5) is 0 Å². The quantitative estimate of drug-likeness (QED) is 0.500. The molecule has 2 rings (SSSR count). The zero-order valence-electron chi connectivity index (χ0n) is 14.7. The van der Waals surface area contributed by atoms with Crippen LogP contribution in [0.25, 0.3) is 0 Å². The van der Waals surface area contributed by atoms with Gasteiger partial charge in [0.1, 0.15) is 5.76 Å². The third kappa shape index (κ3) is 6.61. The number of hydrogen-bond donors (Lipinski definition) is 2. The molecule has 0 aromatic heterocycles. The molecule has 0 aliphatic heterocycles. The Bertz CT molecular complexity index is 675. The molecule has 25 heavy (non-hydrogen) atoms. The van der Waals surface area contributed by atoms with E-state index in [-0.39, 0.29) is 6.61 Å². The van der Waals surface area contributed by atoms with E-state index in [1.165, 1.54) is 0 Å². The van der Waals surface area contributed by atoms with Gasteiger partial charge in [-0.15, -0.1) is 0 Å². The largest absolute Gasteiger partial charge is 0.423 e. The minimum atomic E-state index is -3.69. The van der Waals surface area contributed by atoms with Crippen LogP contribution >= 0.6 is 18.1 Å². The lowest BCUT2D eigenvalue weighted by Gasteiger charge is -2.33. The van der Waals surface area contributed by atoms with Gasteiger partial charge in [-0.05, 0) is 43.9 Å². The summed E-state index contributed by atoms with van der Waals surface area (Å²) in [6.45, 7) is 1.91. The number of hydrogen-bond acceptors (Lipinski definition) is 4. The van der Waals surface area contributed by atoms with Crippen molar-refractivity contribution in [3.63, 3.8) is 0 Å². The van der Waals surface area contributed by atoms with Gasteiger partial charge < -0.3 is 14.4 Å². The number of ether oxygens (including phenoxy) is 1. The number of benzene rings is 1. The molecule has 0 amide bonds. The maximum Gasteiger partial charge on any atom is 0.409 e. The Morgan fingerprint density at radius 2 is 2.08 bits per heavy atom. The zero-order chi connectivity index (χ0) is 18.5. The summed E-state index contributed by atoms with van der Waals surface area (Å²) in [5.74, 6) is 0.874. The minimum Gasteiger partial charge on any atom is -0.423 e. The van der Waals surface area contributed by atoms with Crippen molar-refractivity contribution in [1.82, 2.24) is 5.09 Å². The van der Waals surface area contributed by atoms with Gasteiger partial charge in [0.05, 0.1) is 12.1 Å². The van der Waals surface area contributed by atoms with E-state index in [4.69, 9.17) is 20.5 Å². The second-order valence-electron chi connectivity index (χ2n) is 6.73. The van der Waals surface area contributed by atoms with Crippen LogP contribution in [0.1, 0.15) is 32.8 Å². The van der Waals surface area contributed by atoms with E-state index in [2.05, 4.69) is 12.0 Å². The standard InChI is InChI=1S/C18H25ClNO4P/c1-14-9-11-16(12-10-14)24-25(19,22)20-18(2,3)17(21)23-13-15-7-5-4-6-8-15/h4-9,11-12,14,17,21H,10,13H2,1-3H3,(H,20,22). The smallest absolute Gasteiger partial charge is 0.409 e. The highest BCUT2D eigenvalue weighted by molar-refractivity contribution is 7.83. The van der Waals surface area contributed by atoms with Crippen LogP contribution < -0.4 is 5.09 Å². The molecule has 138 valence electrons. The van der Waals surface area contributed by atoms with Gasteiger partial charge in [0, 0.05) is 11.2 Å². The molecular formula is C18H25ClNO4P. The fourth-order valence-electron chi connectivity index (χ4n) is 2.29. The Balaban J connectivity index is 1.91. The number of aliphatic hydroxyl groups is 1. The van der Waals surface area contributed by atoms with Crippen molar-refractivity contribution in [2.75, 3.05) is 0 Å². The average Bonchev–Trinajstić information content (AvgIpc) is 2.54. The van der Waals surface area contributed by atoms with Gasteiger partial charge in [-0.1, -0.05) is 43.3 Å². The van der Waals surface area contributed by atoms with Crippen LogP contribution in [0.15, 0.2) is 54.3 Å². The molecule has 1 aliphatic rings. The first-order chi connectivity index (χ1) is 11.7. The predicted molar refractivity (Wildman–Crippen MR) is 100 cm³/mol. The van der Waals surface area contributed by atoms with E-state index in [0.29, 0.717) is 11.7 Å². The number of allylic oxidation sites excluding steroid dienone is 3. The highest BCUT2D eigenvalue weighted by Crippen LogP contribution is 2.52. The number of rotatable bonds is 8. The lowest BCUT2D eigenvalue weighted by Crippen LogP contribution is -2.48. The summed E-state index contributed by atoms with van der Waals surface area (Å²) in [5, 5.41) is 13.0. The van der Waals surface area contributed by atoms with Crippen LogP contribution in [0.5, 0.6) is 0 Å². The lowest BCUT2D eigenvalue weighted by molar-refractivity contribution is -0.147. The Hall–Kier alpha value is -1.10. The fourth-order valence-corrected chi connectivity index (χ4v) is 4.43. The monoisotopic (exact) mass is 385 g/mol. The predicted octanol–water partition coefficient (Wildman–Crippen LogP) is 4.73. The summed E-state index contributed by atoms with van der Waals surface area (Å²) < 4.78 is 23.4. The average molecular weight is 386 g/mol. The van der Waals surface area contributed by atoms with E-state index in [0.717, 1.165) is 12.0 Å². The summed E-state index contributed by atoms with van der Waals surface area (Å²) in [6.07, 6.45) is 5.14. The fraction of sp³-hybridized carbons (Fsp3) is 0.444. The Morgan fingerprint density at radius 3 is 2.68 bits per heavy atom. The molecule has 1 aromatic carbocycles. The second-order valence-corrected chi connectivity index (χ2v) is 9.43. The van der Waals surface area contributed by atoms with Crippen LogP contribution in [0.3, 0.4) is 0 Å². The first-order valence-corrected chi connectivity index (χ1v) is 10.7. The summed E-state index contributed by atoms with van der Waals surface area (Å²) >= 11 is 6.03. The van der Waals surface area contributed by atoms with Gasteiger partial charge in [0.2, 0.25) is 0 Å². The third-order valence-corrected chi connectivity index (χ3v) is 5.54. The molecule has 2 N–H and O–H groups in total. The molecule has 0 radical (unpaired) electrons. The van der Waals surface area contributed by atoms with Gasteiger partial charge in [-0.2, -0.15) is 0 Å². The summed E-state index contributed by atoms with van der Waals surface area (Å²) in [5.41, 5.74) is -0.146. The molecule has 3 atom stereocenters. The summed E-state index contributed by atoms with van der Waals surface area (Å²) in [4.78, 5) is 0. The van der Waals surface area contributed by atoms with E-state index < -0.39 is 18.7 Å². The van der Waals surface area contributed by atoms with Crippen molar-refractivity contribution in [3.8, 4) is 0 Å². The third-order valence-electron chi connectivity index (χ3n) is 3.79. The molecule has 0 spiro atoms. The number of aliphatic hydroxyl groups excluding tert-OH is 1. The number of nitrogens with one attached hydrogen (secondary N) is 1. The van der Waals surface area contributed by atoms with Crippen LogP contribution in [0, 0.1) is 5.92 Å². The molecular weight excluding hydrogens is 361 g/mol. The van der Waals surface area contributed by atoms with Crippen LogP contribution in [-0.2, 0) is 20.4 Å². The molecule has 5 nitrogen and oxygen atoms in total. The minimum absolute atomic E-state index is 0.229. The Kier molecular flexibility index (Phi) is 6.89. The van der Waals surface area contributed by atoms with E-state index in [1.807, 2.05) is 42.5 Å². The molecule has 0 saturated carbocycles. The molecule has 3 unspecified atom stereocenters. The molecule has 1 aliphatic carbocycles. The van der Waals surface area contributed by atoms with Crippen molar-refractivity contribution in [1.29, 1.82) is 0 Å². The van der Waals surface area contributed by atoms with Crippen molar-refractivity contribution in [2.45, 2.75) is 45.6 Å². The van der Waals surface area contributed by atoms with Crippen LogP contribution in [0.2, 0.25) is 0 Å². The summed E-state index contributed by atoms with van der Waals surface area (Å²) in [7, 11) is 0. The molecule has 0 bridgehead atoms. The second kappa shape index (κ2) is 8.52. The molecule has 7 heteroatoms. The summed E-state index contributed by atoms with van der Waals surface area (Å²) in [6, 6.07) is 9.47. The Morgan fingerprint density at radius 1 is 1.40 bits per heavy atom. The normalized spacial score (nSPS) is 21.3. The molecule has 0 heterocycles. The molecule has 0 fully saturated rings. The van der Waals surface area contributed by atoms with Crippen molar-refractivity contribution in [2.24, 2.45) is 5.92 Å². The van der Waals surface area contributed by atoms with E-state index in [9.17, 15) is 9.67 Å². The highest BCUT2D eigenvalue weighted by Gasteiger charge is 2.37. The molecule has 1 aromatic rings. The Labute approximate surface area is 154 Å².